The maximum absolute atomic E-state index is 13.6. The minimum absolute atomic E-state index is 0.0800. The molecule has 0 saturated heterocycles. The molecule has 1 saturated carbocycles. The minimum atomic E-state index is -3.61. The van der Waals surface area contributed by atoms with Gasteiger partial charge in [-0.3, -0.25) is 13.9 Å². The van der Waals surface area contributed by atoms with Crippen LogP contribution >= 0.6 is 11.6 Å². The molecule has 0 radical (unpaired) electrons. The topological polar surface area (TPSA) is 96.0 Å². The summed E-state index contributed by atoms with van der Waals surface area (Å²) in [5, 5.41) is 3.56. The highest BCUT2D eigenvalue weighted by Gasteiger charge is 2.28. The van der Waals surface area contributed by atoms with Crippen molar-refractivity contribution in [2.45, 2.75) is 77.4 Å². The fourth-order valence-electron chi connectivity index (χ4n) is 4.95. The quantitative estimate of drug-likeness (QED) is 0.380. The summed E-state index contributed by atoms with van der Waals surface area (Å²) in [6.07, 6.45) is 6.77. The van der Waals surface area contributed by atoms with Gasteiger partial charge in [0.15, 0.2) is 0 Å². The Hall–Kier alpha value is -2.78. The number of amides is 2. The standard InChI is InChI=1S/C29H40ClN3O5S/c1-21-15-16-24(30)19-27(21)33(39(4,36)37)17-9-14-28(34)32(20-23-10-8-13-26(18-23)38-3)22(2)29(35)31-25-11-6-5-7-12-25/h8,10,13,15-16,18-19,22,25H,5-7,9,11-12,14,17,20H2,1-4H3,(H,31,35). The van der Waals surface area contributed by atoms with Gasteiger partial charge in [-0.2, -0.15) is 0 Å². The number of halogens is 1. The van der Waals surface area contributed by atoms with Crippen LogP contribution in [0.5, 0.6) is 5.75 Å². The maximum Gasteiger partial charge on any atom is 0.242 e. The number of hydrogen-bond acceptors (Lipinski definition) is 5. The number of ether oxygens (including phenoxy) is 1. The van der Waals surface area contributed by atoms with Gasteiger partial charge in [-0.25, -0.2) is 8.42 Å². The molecule has 1 unspecified atom stereocenters. The average molecular weight is 578 g/mol. The Morgan fingerprint density at radius 1 is 1.13 bits per heavy atom. The van der Waals surface area contributed by atoms with Crippen LogP contribution in [-0.4, -0.2) is 57.1 Å². The van der Waals surface area contributed by atoms with Gasteiger partial charge < -0.3 is 15.0 Å². The molecule has 2 aromatic rings. The number of carbonyl (C=O) groups excluding carboxylic acids is 2. The molecule has 0 bridgehead atoms. The third kappa shape index (κ3) is 8.86. The van der Waals surface area contributed by atoms with E-state index in [0.717, 1.165) is 43.1 Å². The Morgan fingerprint density at radius 3 is 2.51 bits per heavy atom. The molecule has 1 N–H and O–H groups in total. The predicted molar refractivity (Wildman–Crippen MR) is 156 cm³/mol. The second-order valence-electron chi connectivity index (χ2n) is 10.3. The van der Waals surface area contributed by atoms with E-state index in [-0.39, 0.29) is 43.8 Å². The molecule has 0 spiro atoms. The molecule has 8 nitrogen and oxygen atoms in total. The van der Waals surface area contributed by atoms with E-state index in [9.17, 15) is 18.0 Å². The lowest BCUT2D eigenvalue weighted by Gasteiger charge is -2.31. The summed E-state index contributed by atoms with van der Waals surface area (Å²) in [4.78, 5) is 28.3. The van der Waals surface area contributed by atoms with Crippen molar-refractivity contribution in [3.05, 3.63) is 58.6 Å². The van der Waals surface area contributed by atoms with Crippen molar-refractivity contribution >= 4 is 39.1 Å². The smallest absolute Gasteiger partial charge is 0.242 e. The zero-order valence-electron chi connectivity index (χ0n) is 23.3. The number of benzene rings is 2. The Kier molecular flexibility index (Phi) is 11.1. The zero-order chi connectivity index (χ0) is 28.6. The molecule has 0 heterocycles. The van der Waals surface area contributed by atoms with Crippen LogP contribution in [0.3, 0.4) is 0 Å². The molecule has 0 aromatic heterocycles. The number of methoxy groups -OCH3 is 1. The molecule has 10 heteroatoms. The largest absolute Gasteiger partial charge is 0.497 e. The van der Waals surface area contributed by atoms with Gasteiger partial charge in [0.2, 0.25) is 21.8 Å². The number of hydrogen-bond donors (Lipinski definition) is 1. The lowest BCUT2D eigenvalue weighted by molar-refractivity contribution is -0.141. The van der Waals surface area contributed by atoms with E-state index >= 15 is 0 Å². The maximum atomic E-state index is 13.6. The number of nitrogens with zero attached hydrogens (tertiary/aromatic N) is 2. The van der Waals surface area contributed by atoms with Crippen LogP contribution in [0.2, 0.25) is 5.02 Å². The summed E-state index contributed by atoms with van der Waals surface area (Å²) in [5.74, 6) is 0.269. The van der Waals surface area contributed by atoms with Crippen LogP contribution < -0.4 is 14.4 Å². The summed E-state index contributed by atoms with van der Waals surface area (Å²) < 4.78 is 31.9. The summed E-state index contributed by atoms with van der Waals surface area (Å²) >= 11 is 6.14. The Morgan fingerprint density at radius 2 is 1.85 bits per heavy atom. The molecular weight excluding hydrogens is 538 g/mol. The molecule has 39 heavy (non-hydrogen) atoms. The highest BCUT2D eigenvalue weighted by Crippen LogP contribution is 2.27. The second-order valence-corrected chi connectivity index (χ2v) is 12.6. The number of anilines is 1. The Labute approximate surface area is 237 Å². The van der Waals surface area contributed by atoms with Gasteiger partial charge in [-0.15, -0.1) is 0 Å². The van der Waals surface area contributed by atoms with Crippen molar-refractivity contribution in [3.63, 3.8) is 0 Å². The average Bonchev–Trinajstić information content (AvgIpc) is 2.90. The van der Waals surface area contributed by atoms with E-state index in [4.69, 9.17) is 16.3 Å². The first-order valence-corrected chi connectivity index (χ1v) is 15.7. The summed E-state index contributed by atoms with van der Waals surface area (Å²) in [6, 6.07) is 11.9. The number of sulfonamides is 1. The van der Waals surface area contributed by atoms with Gasteiger partial charge in [0, 0.05) is 30.6 Å². The highest BCUT2D eigenvalue weighted by atomic mass is 35.5. The van der Waals surface area contributed by atoms with Gasteiger partial charge in [0.25, 0.3) is 0 Å². The van der Waals surface area contributed by atoms with Crippen molar-refractivity contribution in [1.29, 1.82) is 0 Å². The first kappa shape index (κ1) is 30.8. The highest BCUT2D eigenvalue weighted by molar-refractivity contribution is 7.92. The fourth-order valence-corrected chi connectivity index (χ4v) is 6.13. The second kappa shape index (κ2) is 14.0. The minimum Gasteiger partial charge on any atom is -0.497 e. The van der Waals surface area contributed by atoms with Crippen molar-refractivity contribution < 1.29 is 22.7 Å². The number of rotatable bonds is 12. The molecule has 1 aliphatic carbocycles. The van der Waals surface area contributed by atoms with E-state index in [1.807, 2.05) is 31.2 Å². The third-order valence-electron chi connectivity index (χ3n) is 7.20. The molecular formula is C29H40ClN3O5S. The van der Waals surface area contributed by atoms with E-state index in [2.05, 4.69) is 5.32 Å². The number of carbonyl (C=O) groups is 2. The fraction of sp³-hybridized carbons (Fsp3) is 0.517. The zero-order valence-corrected chi connectivity index (χ0v) is 24.9. The van der Waals surface area contributed by atoms with Gasteiger partial charge in [-0.1, -0.05) is 49.1 Å². The molecule has 2 aromatic carbocycles. The van der Waals surface area contributed by atoms with Crippen molar-refractivity contribution in [2.24, 2.45) is 0 Å². The molecule has 2 amide bonds. The van der Waals surface area contributed by atoms with Crippen LogP contribution in [0.4, 0.5) is 5.69 Å². The number of aryl methyl sites for hydroxylation is 1. The molecule has 1 fully saturated rings. The number of nitrogens with one attached hydrogen (secondary N) is 1. The lowest BCUT2D eigenvalue weighted by atomic mass is 9.95. The molecule has 1 atom stereocenters. The lowest BCUT2D eigenvalue weighted by Crippen LogP contribution is -2.50. The van der Waals surface area contributed by atoms with Crippen LogP contribution in [0, 0.1) is 6.92 Å². The van der Waals surface area contributed by atoms with E-state index < -0.39 is 16.1 Å². The van der Waals surface area contributed by atoms with E-state index in [1.165, 1.54) is 10.7 Å². The molecule has 0 aliphatic heterocycles. The third-order valence-corrected chi connectivity index (χ3v) is 8.61. The SMILES string of the molecule is COc1cccc(CN(C(=O)CCCN(c2cc(Cl)ccc2C)S(C)(=O)=O)C(C)C(=O)NC2CCCCC2)c1. The molecule has 214 valence electrons. The van der Waals surface area contributed by atoms with E-state index in [1.54, 1.807) is 37.1 Å². The summed E-state index contributed by atoms with van der Waals surface area (Å²) in [6.45, 7) is 3.91. The molecule has 1 aliphatic rings. The predicted octanol–water partition coefficient (Wildman–Crippen LogP) is 5.07. The van der Waals surface area contributed by atoms with Crippen LogP contribution in [0.15, 0.2) is 42.5 Å². The van der Waals surface area contributed by atoms with Crippen LogP contribution in [0.25, 0.3) is 0 Å². The van der Waals surface area contributed by atoms with Crippen molar-refractivity contribution in [2.75, 3.05) is 24.2 Å². The van der Waals surface area contributed by atoms with Gasteiger partial charge in [-0.05, 0) is 68.5 Å². The Balaban J connectivity index is 1.75. The van der Waals surface area contributed by atoms with Crippen LogP contribution in [-0.2, 0) is 26.2 Å². The monoisotopic (exact) mass is 577 g/mol. The van der Waals surface area contributed by atoms with E-state index in [0.29, 0.717) is 16.5 Å². The van der Waals surface area contributed by atoms with Crippen LogP contribution in [0.1, 0.15) is 63.0 Å². The first-order valence-electron chi connectivity index (χ1n) is 13.5. The van der Waals surface area contributed by atoms with Crippen molar-refractivity contribution in [3.8, 4) is 5.75 Å². The Bertz CT molecular complexity index is 1250. The van der Waals surface area contributed by atoms with Gasteiger partial charge >= 0.3 is 0 Å². The van der Waals surface area contributed by atoms with Gasteiger partial charge in [0.1, 0.15) is 11.8 Å². The van der Waals surface area contributed by atoms with Gasteiger partial charge in [0.05, 0.1) is 19.1 Å². The normalized spacial score (nSPS) is 14.9. The molecule has 3 rings (SSSR count). The summed E-state index contributed by atoms with van der Waals surface area (Å²) in [5.41, 5.74) is 2.10. The first-order chi connectivity index (χ1) is 18.5. The summed E-state index contributed by atoms with van der Waals surface area (Å²) in [7, 11) is -2.03. The van der Waals surface area contributed by atoms with Crippen molar-refractivity contribution in [1.82, 2.24) is 10.2 Å².